The van der Waals surface area contributed by atoms with Crippen molar-refractivity contribution in [1.29, 1.82) is 0 Å². The van der Waals surface area contributed by atoms with Gasteiger partial charge in [0.05, 0.1) is 5.60 Å². The van der Waals surface area contributed by atoms with Crippen LogP contribution in [0.15, 0.2) is 6.33 Å². The lowest BCUT2D eigenvalue weighted by Crippen LogP contribution is -2.52. The molecule has 5 saturated carbocycles. The van der Waals surface area contributed by atoms with Crippen LogP contribution >= 0.6 is 0 Å². The van der Waals surface area contributed by atoms with Gasteiger partial charge >= 0.3 is 0 Å². The van der Waals surface area contributed by atoms with E-state index < -0.39 is 5.60 Å². The molecule has 31 heavy (non-hydrogen) atoms. The molecule has 0 radical (unpaired) electrons. The minimum absolute atomic E-state index is 0.140. The topological polar surface area (TPSA) is 80.9 Å². The maximum Gasteiger partial charge on any atom is 0.162 e. The summed E-state index contributed by atoms with van der Waals surface area (Å²) in [5, 5.41) is 22.6. The second-order valence-corrected chi connectivity index (χ2v) is 12.3. The highest BCUT2D eigenvalue weighted by Gasteiger charge is 2.66. The van der Waals surface area contributed by atoms with E-state index >= 15 is 0 Å². The smallest absolute Gasteiger partial charge is 0.162 e. The van der Waals surface area contributed by atoms with E-state index in [2.05, 4.69) is 22.3 Å². The maximum atomic E-state index is 13.6. The van der Waals surface area contributed by atoms with E-state index in [9.17, 15) is 9.90 Å². The van der Waals surface area contributed by atoms with Gasteiger partial charge in [-0.1, -0.05) is 13.3 Å². The molecule has 5 aliphatic carbocycles. The Morgan fingerprint density at radius 3 is 2.58 bits per heavy atom. The van der Waals surface area contributed by atoms with E-state index in [0.29, 0.717) is 23.5 Å². The van der Waals surface area contributed by atoms with Gasteiger partial charge in [0.2, 0.25) is 0 Å². The number of Topliss-reactive ketones (excluding diaryl/α,β-unsaturated/α-hetero) is 1. The third-order valence-electron chi connectivity index (χ3n) is 10.8. The Balaban J connectivity index is 1.29. The molecule has 0 amide bonds. The van der Waals surface area contributed by atoms with Crippen LogP contribution in [-0.2, 0) is 11.3 Å². The number of carbonyl (C=O) groups excluding carboxylic acids is 1. The lowest BCUT2D eigenvalue weighted by Gasteiger charge is -2.57. The standard InChI is InChI=1S/C25H38N4O2/c1-24(31)10-8-16-15(12-24)6-7-20-17(16)9-11-25(2)22(20)18-4-3-5-19(18)23(25)21(30)13-29-27-14-26-28-29/h14-20,22-23,31H,3-13H2,1-2H3/t15?,16-,17+,18+,19-,20?,22?,23+,24+,25-/m0/s1. The molecule has 1 aromatic rings. The zero-order valence-electron chi connectivity index (χ0n) is 19.1. The van der Waals surface area contributed by atoms with Gasteiger partial charge in [-0.15, -0.1) is 10.2 Å². The Kier molecular flexibility index (Phi) is 4.65. The number of tetrazole rings is 1. The first-order valence-corrected chi connectivity index (χ1v) is 12.8. The van der Waals surface area contributed by atoms with Crippen molar-refractivity contribution in [3.05, 3.63) is 6.33 Å². The fraction of sp³-hybridized carbons (Fsp3) is 0.920. The lowest BCUT2D eigenvalue weighted by molar-refractivity contribution is -0.135. The molecular formula is C25H38N4O2. The Morgan fingerprint density at radius 2 is 1.77 bits per heavy atom. The zero-order chi connectivity index (χ0) is 21.4. The van der Waals surface area contributed by atoms with E-state index in [4.69, 9.17) is 0 Å². The summed E-state index contributed by atoms with van der Waals surface area (Å²) in [5.41, 5.74) is -0.310. The van der Waals surface area contributed by atoms with Crippen molar-refractivity contribution in [2.24, 2.45) is 52.8 Å². The zero-order valence-corrected chi connectivity index (χ0v) is 19.1. The number of aliphatic hydroxyl groups is 1. The lowest BCUT2D eigenvalue weighted by atomic mass is 9.48. The van der Waals surface area contributed by atoms with Gasteiger partial charge in [-0.25, -0.2) is 0 Å². The van der Waals surface area contributed by atoms with E-state index in [1.165, 1.54) is 62.5 Å². The molecule has 1 aromatic heterocycles. The fourth-order valence-corrected chi connectivity index (χ4v) is 10.00. The molecule has 1 heterocycles. The van der Waals surface area contributed by atoms with Crippen molar-refractivity contribution < 1.29 is 9.90 Å². The molecule has 6 nitrogen and oxygen atoms in total. The van der Waals surface area contributed by atoms with Crippen molar-refractivity contribution in [3.63, 3.8) is 0 Å². The fourth-order valence-electron chi connectivity index (χ4n) is 10.00. The van der Waals surface area contributed by atoms with Gasteiger partial charge in [-0.3, -0.25) is 4.79 Å². The molecule has 0 aliphatic heterocycles. The monoisotopic (exact) mass is 426 g/mol. The molecule has 5 fully saturated rings. The average molecular weight is 427 g/mol. The van der Waals surface area contributed by atoms with Crippen LogP contribution < -0.4 is 0 Å². The summed E-state index contributed by atoms with van der Waals surface area (Å²) in [7, 11) is 0. The van der Waals surface area contributed by atoms with Crippen molar-refractivity contribution in [1.82, 2.24) is 20.2 Å². The number of carbonyl (C=O) groups is 1. The summed E-state index contributed by atoms with van der Waals surface area (Å²) in [4.78, 5) is 15.1. The van der Waals surface area contributed by atoms with Crippen molar-refractivity contribution in [2.45, 2.75) is 90.2 Å². The van der Waals surface area contributed by atoms with Crippen LogP contribution in [0, 0.1) is 52.8 Å². The summed E-state index contributed by atoms with van der Waals surface area (Å²) in [5.74, 6) is 5.65. The largest absolute Gasteiger partial charge is 0.390 e. The van der Waals surface area contributed by atoms with Gasteiger partial charge < -0.3 is 5.11 Å². The van der Waals surface area contributed by atoms with Gasteiger partial charge in [0, 0.05) is 5.92 Å². The van der Waals surface area contributed by atoms with E-state index in [0.717, 1.165) is 36.5 Å². The summed E-state index contributed by atoms with van der Waals surface area (Å²) in [6, 6.07) is 0. The predicted octanol–water partition coefficient (Wildman–Crippen LogP) is 3.90. The van der Waals surface area contributed by atoms with Gasteiger partial charge in [-0.2, -0.15) is 4.80 Å². The molecule has 0 spiro atoms. The molecule has 5 aliphatic rings. The third kappa shape index (κ3) is 3.07. The SMILES string of the molecule is C[C@@]1(O)CC[C@H]2C(CCC3C4[C@@H]5CCC[C@@H]5[C@H](C(=O)Cn5ncnn5)[C@@]4(C)CC[C@@H]32)C1. The number of fused-ring (bicyclic) bond motifs is 7. The number of aromatic nitrogens is 4. The molecule has 3 unspecified atom stereocenters. The first kappa shape index (κ1) is 20.3. The Labute approximate surface area is 185 Å². The van der Waals surface area contributed by atoms with Crippen LogP contribution in [0.2, 0.25) is 0 Å². The van der Waals surface area contributed by atoms with Crippen LogP contribution in [0.25, 0.3) is 0 Å². The number of ketones is 1. The summed E-state index contributed by atoms with van der Waals surface area (Å²) in [6.45, 7) is 4.80. The first-order valence-electron chi connectivity index (χ1n) is 12.8. The molecule has 0 bridgehead atoms. The van der Waals surface area contributed by atoms with Crippen molar-refractivity contribution >= 4 is 5.78 Å². The average Bonchev–Trinajstić information content (AvgIpc) is 3.43. The number of hydrogen-bond donors (Lipinski definition) is 1. The third-order valence-corrected chi connectivity index (χ3v) is 10.8. The number of rotatable bonds is 3. The van der Waals surface area contributed by atoms with Gasteiger partial charge in [0.1, 0.15) is 6.54 Å². The van der Waals surface area contributed by atoms with E-state index in [1.54, 1.807) is 0 Å². The molecule has 0 aromatic carbocycles. The number of hydrogen-bond acceptors (Lipinski definition) is 5. The van der Waals surface area contributed by atoms with Crippen molar-refractivity contribution in [3.8, 4) is 0 Å². The van der Waals surface area contributed by atoms with Crippen LogP contribution in [0.1, 0.15) is 78.1 Å². The van der Waals surface area contributed by atoms with E-state index in [1.807, 2.05) is 6.92 Å². The van der Waals surface area contributed by atoms with Crippen molar-refractivity contribution in [2.75, 3.05) is 0 Å². The number of nitrogens with zero attached hydrogens (tertiary/aromatic N) is 4. The quantitative estimate of drug-likeness (QED) is 0.793. The molecule has 170 valence electrons. The second-order valence-electron chi connectivity index (χ2n) is 12.3. The maximum absolute atomic E-state index is 13.6. The molecule has 0 saturated heterocycles. The highest BCUT2D eigenvalue weighted by molar-refractivity contribution is 5.82. The van der Waals surface area contributed by atoms with Gasteiger partial charge in [0.25, 0.3) is 0 Å². The molecular weight excluding hydrogens is 388 g/mol. The first-order chi connectivity index (χ1) is 14.9. The second kappa shape index (κ2) is 7.10. The predicted molar refractivity (Wildman–Crippen MR) is 116 cm³/mol. The van der Waals surface area contributed by atoms with Gasteiger partial charge in [0.15, 0.2) is 12.1 Å². The molecule has 1 N–H and O–H groups in total. The summed E-state index contributed by atoms with van der Waals surface area (Å²) in [6.07, 6.45) is 13.5. The van der Waals surface area contributed by atoms with Gasteiger partial charge in [-0.05, 0) is 117 Å². The molecule has 10 atom stereocenters. The highest BCUT2D eigenvalue weighted by Crippen LogP contribution is 2.70. The normalized spacial score (nSPS) is 50.9. The Hall–Kier alpha value is -1.30. The highest BCUT2D eigenvalue weighted by atomic mass is 16.3. The minimum atomic E-state index is -0.450. The summed E-state index contributed by atoms with van der Waals surface area (Å²) < 4.78 is 0. The Morgan fingerprint density at radius 1 is 1.00 bits per heavy atom. The van der Waals surface area contributed by atoms with Crippen LogP contribution in [0.5, 0.6) is 0 Å². The molecule has 6 heteroatoms. The summed E-state index contributed by atoms with van der Waals surface area (Å²) >= 11 is 0. The van der Waals surface area contributed by atoms with E-state index in [-0.39, 0.29) is 17.9 Å². The van der Waals surface area contributed by atoms with Crippen LogP contribution in [0.4, 0.5) is 0 Å². The Bertz CT molecular complexity index is 839. The van der Waals surface area contributed by atoms with Crippen LogP contribution in [0.3, 0.4) is 0 Å². The minimum Gasteiger partial charge on any atom is -0.390 e. The molecule has 6 rings (SSSR count). The van der Waals surface area contributed by atoms with Crippen LogP contribution in [-0.4, -0.2) is 36.7 Å².